The Balaban J connectivity index is 1.76. The summed E-state index contributed by atoms with van der Waals surface area (Å²) in [4.78, 5) is 25.5. The van der Waals surface area contributed by atoms with Crippen molar-refractivity contribution in [1.29, 1.82) is 0 Å². The van der Waals surface area contributed by atoms with Crippen molar-refractivity contribution < 1.29 is 62.1 Å². The van der Waals surface area contributed by atoms with E-state index in [1.54, 1.807) is 58.0 Å². The van der Waals surface area contributed by atoms with Crippen molar-refractivity contribution in [2.24, 2.45) is 0 Å². The molecule has 230 valence electrons. The Morgan fingerprint density at radius 3 is 1.59 bits per heavy atom. The lowest BCUT2D eigenvalue weighted by molar-refractivity contribution is -0.510. The summed E-state index contributed by atoms with van der Waals surface area (Å²) in [6.07, 6.45) is -8.68. The smallest absolute Gasteiger partial charge is 0.352 e. The first-order valence-electron chi connectivity index (χ1n) is 13.2. The molecule has 0 spiro atoms. The van der Waals surface area contributed by atoms with E-state index in [2.05, 4.69) is 0 Å². The lowest BCUT2D eigenvalue weighted by atomic mass is 9.81. The Bertz CT molecular complexity index is 1100. The van der Waals surface area contributed by atoms with Crippen LogP contribution in [0.5, 0.6) is 0 Å². The van der Waals surface area contributed by atoms with Crippen LogP contribution in [0.25, 0.3) is 0 Å². The number of fused-ring (bicyclic) bond motifs is 3. The van der Waals surface area contributed by atoms with Crippen molar-refractivity contribution in [3.63, 3.8) is 0 Å². The number of hydrogen-bond donors (Lipinski definition) is 1. The summed E-state index contributed by atoms with van der Waals surface area (Å²) in [6.45, 7) is 7.62. The monoisotopic (exact) mass is 584 g/mol. The molecule has 0 bridgehead atoms. The lowest BCUT2D eigenvalue weighted by Gasteiger charge is -2.62. The summed E-state index contributed by atoms with van der Waals surface area (Å²) < 4.78 is 59.3. The molecule has 1 aromatic carbocycles. The van der Waals surface area contributed by atoms with Crippen LogP contribution in [0.1, 0.15) is 46.3 Å². The molecule has 1 N–H and O–H groups in total. The third-order valence-electron chi connectivity index (χ3n) is 8.47. The second kappa shape index (κ2) is 11.5. The molecule has 11 atom stereocenters. The van der Waals surface area contributed by atoms with E-state index in [9.17, 15) is 14.7 Å². The minimum atomic E-state index is -1.52. The number of benzene rings is 1. The fraction of sp³-hybridized carbons (Fsp3) is 0.714. The van der Waals surface area contributed by atoms with Gasteiger partial charge in [-0.2, -0.15) is 0 Å². The second-order valence-corrected chi connectivity index (χ2v) is 10.7. The standard InChI is InChI=1S/C28H40O13/c1-15(29)36-18(16-13-11-10-12-14-16)24(31)37-19-17(30)20-22(40-26(3,33-7)25(2,32-6)38-20)23-21(19)39-27(4,34-8)28(5,35-9)41-23/h10-14,17-23,30H,1-9H3/t17-,18-,19+,20-,21-,22+,23+,25?,26?,27?,28?/m1/s1. The molecule has 0 aromatic heterocycles. The van der Waals surface area contributed by atoms with Crippen molar-refractivity contribution in [3.8, 4) is 0 Å². The third kappa shape index (κ3) is 5.28. The van der Waals surface area contributed by atoms with Crippen LogP contribution in [0, 0.1) is 0 Å². The van der Waals surface area contributed by atoms with E-state index in [-0.39, 0.29) is 0 Å². The molecule has 1 saturated carbocycles. The molecule has 3 fully saturated rings. The van der Waals surface area contributed by atoms with E-state index in [0.29, 0.717) is 5.56 Å². The quantitative estimate of drug-likeness (QED) is 0.442. The molecule has 2 heterocycles. The van der Waals surface area contributed by atoms with E-state index in [0.717, 1.165) is 0 Å². The summed E-state index contributed by atoms with van der Waals surface area (Å²) in [5.41, 5.74) is 0.377. The van der Waals surface area contributed by atoms with E-state index < -0.39 is 77.8 Å². The van der Waals surface area contributed by atoms with Crippen molar-refractivity contribution in [2.75, 3.05) is 28.4 Å². The van der Waals surface area contributed by atoms with Gasteiger partial charge in [-0.05, 0) is 27.7 Å². The summed E-state index contributed by atoms with van der Waals surface area (Å²) in [5.74, 6) is -7.56. The highest BCUT2D eigenvalue weighted by Crippen LogP contribution is 2.50. The van der Waals surface area contributed by atoms with Gasteiger partial charge in [-0.15, -0.1) is 0 Å². The van der Waals surface area contributed by atoms with Crippen molar-refractivity contribution in [3.05, 3.63) is 35.9 Å². The Labute approximate surface area is 239 Å². The summed E-state index contributed by atoms with van der Waals surface area (Å²) in [7, 11) is 5.67. The molecule has 1 aliphatic carbocycles. The fourth-order valence-electron chi connectivity index (χ4n) is 5.46. The van der Waals surface area contributed by atoms with Crippen LogP contribution in [0.15, 0.2) is 30.3 Å². The fourth-order valence-corrected chi connectivity index (χ4v) is 5.46. The van der Waals surface area contributed by atoms with Crippen LogP contribution < -0.4 is 0 Å². The van der Waals surface area contributed by atoms with E-state index in [1.165, 1.54) is 35.4 Å². The normalized spacial score (nSPS) is 42.9. The van der Waals surface area contributed by atoms with Gasteiger partial charge in [-0.3, -0.25) is 4.79 Å². The number of aliphatic hydroxyl groups is 1. The van der Waals surface area contributed by atoms with Gasteiger partial charge in [0, 0.05) is 40.9 Å². The molecule has 0 radical (unpaired) electrons. The summed E-state index contributed by atoms with van der Waals surface area (Å²) in [6, 6.07) is 8.36. The molecule has 2 aliphatic heterocycles. The zero-order chi connectivity index (χ0) is 30.4. The first-order chi connectivity index (χ1) is 19.2. The highest BCUT2D eigenvalue weighted by atomic mass is 16.8. The van der Waals surface area contributed by atoms with Gasteiger partial charge in [0.05, 0.1) is 0 Å². The number of esters is 2. The molecular formula is C28H40O13. The van der Waals surface area contributed by atoms with E-state index in [4.69, 9.17) is 47.4 Å². The topological polar surface area (TPSA) is 147 Å². The van der Waals surface area contributed by atoms with Crippen LogP contribution >= 0.6 is 0 Å². The average Bonchev–Trinajstić information content (AvgIpc) is 2.96. The minimum absolute atomic E-state index is 0.377. The van der Waals surface area contributed by atoms with Crippen LogP contribution in [0.2, 0.25) is 0 Å². The van der Waals surface area contributed by atoms with Gasteiger partial charge in [0.2, 0.25) is 29.3 Å². The number of carbonyl (C=O) groups is 2. The van der Waals surface area contributed by atoms with Crippen LogP contribution in [0.3, 0.4) is 0 Å². The lowest BCUT2D eigenvalue weighted by Crippen LogP contribution is -2.80. The predicted octanol–water partition coefficient (Wildman–Crippen LogP) is 1.60. The number of hydrogen-bond acceptors (Lipinski definition) is 13. The van der Waals surface area contributed by atoms with Crippen LogP contribution in [-0.4, -0.2) is 105 Å². The summed E-state index contributed by atoms with van der Waals surface area (Å²) >= 11 is 0. The van der Waals surface area contributed by atoms with Gasteiger partial charge >= 0.3 is 11.9 Å². The molecule has 3 aliphatic rings. The number of aliphatic hydroxyl groups excluding tert-OH is 1. The molecule has 13 heteroatoms. The molecular weight excluding hydrogens is 544 g/mol. The highest BCUT2D eigenvalue weighted by Gasteiger charge is 2.70. The maximum absolute atomic E-state index is 13.6. The largest absolute Gasteiger partial charge is 0.454 e. The van der Waals surface area contributed by atoms with Gasteiger partial charge in [-0.25, -0.2) is 4.79 Å². The maximum atomic E-state index is 13.6. The summed E-state index contributed by atoms with van der Waals surface area (Å²) in [5, 5.41) is 11.7. The first-order valence-corrected chi connectivity index (χ1v) is 13.2. The number of methoxy groups -OCH3 is 4. The van der Waals surface area contributed by atoms with Crippen molar-refractivity contribution in [2.45, 2.75) is 100 Å². The number of ether oxygens (including phenoxy) is 10. The molecule has 1 aromatic rings. The number of rotatable bonds is 8. The molecule has 4 unspecified atom stereocenters. The zero-order valence-electron chi connectivity index (χ0n) is 24.8. The zero-order valence-corrected chi connectivity index (χ0v) is 24.8. The van der Waals surface area contributed by atoms with Gasteiger partial charge < -0.3 is 52.5 Å². The Morgan fingerprint density at radius 2 is 1.15 bits per heavy atom. The van der Waals surface area contributed by atoms with Gasteiger partial charge in [0.25, 0.3) is 0 Å². The second-order valence-electron chi connectivity index (χ2n) is 10.7. The third-order valence-corrected chi connectivity index (χ3v) is 8.47. The molecule has 13 nitrogen and oxygen atoms in total. The molecule has 2 saturated heterocycles. The van der Waals surface area contributed by atoms with E-state index >= 15 is 0 Å². The molecule has 0 amide bonds. The van der Waals surface area contributed by atoms with Crippen LogP contribution in [0.4, 0.5) is 0 Å². The maximum Gasteiger partial charge on any atom is 0.352 e. The van der Waals surface area contributed by atoms with Gasteiger partial charge in [-0.1, -0.05) is 30.3 Å². The minimum Gasteiger partial charge on any atom is -0.454 e. The predicted molar refractivity (Wildman–Crippen MR) is 138 cm³/mol. The highest BCUT2D eigenvalue weighted by molar-refractivity contribution is 5.80. The Hall–Kier alpha value is -2.20. The molecule has 41 heavy (non-hydrogen) atoms. The van der Waals surface area contributed by atoms with Gasteiger partial charge in [0.1, 0.15) is 30.5 Å². The molecule has 4 rings (SSSR count). The van der Waals surface area contributed by atoms with E-state index in [1.807, 2.05) is 0 Å². The van der Waals surface area contributed by atoms with Crippen molar-refractivity contribution in [1.82, 2.24) is 0 Å². The first kappa shape index (κ1) is 31.7. The Kier molecular flexibility index (Phi) is 8.88. The average molecular weight is 585 g/mol. The number of carbonyl (C=O) groups excluding carboxylic acids is 2. The van der Waals surface area contributed by atoms with Gasteiger partial charge in [0.15, 0.2) is 6.10 Å². The SMILES string of the molecule is COC1(C)O[C@@H]2[C@H]3OC(C)(OC)C(C)(OC)O[C@@H]3[C@H](O)[C@H](OC(=O)[C@H](OC(C)=O)c3ccccc3)[C@H]2OC1(C)OC. The van der Waals surface area contributed by atoms with Crippen LogP contribution in [-0.2, 0) is 57.0 Å². The Morgan fingerprint density at radius 1 is 0.732 bits per heavy atom. The van der Waals surface area contributed by atoms with Crippen molar-refractivity contribution >= 4 is 11.9 Å².